The van der Waals surface area contributed by atoms with E-state index in [-0.39, 0.29) is 11.5 Å². The molecule has 0 saturated carbocycles. The van der Waals surface area contributed by atoms with Crippen LogP contribution in [-0.2, 0) is 6.54 Å². The number of rotatable bonds is 6. The largest absolute Gasteiger partial charge is 0.618 e. The average molecular weight is 337 g/mol. The summed E-state index contributed by atoms with van der Waals surface area (Å²) in [6.45, 7) is 0.552. The normalized spacial score (nSPS) is 10.6. The molecule has 120 valence electrons. The number of fused-ring (bicyclic) bond motifs is 1. The number of benzene rings is 1. The number of carbonyl (C=O) groups is 1. The lowest BCUT2D eigenvalue weighted by atomic mass is 10.1. The van der Waals surface area contributed by atoms with Crippen molar-refractivity contribution in [3.8, 4) is 6.07 Å². The molecule has 0 bridgehead atoms. The van der Waals surface area contributed by atoms with Gasteiger partial charge in [0.1, 0.15) is 0 Å². The van der Waals surface area contributed by atoms with Crippen LogP contribution in [0.25, 0.3) is 10.9 Å². The Hall–Kier alpha value is -2.78. The number of nitriles is 1. The zero-order valence-electron chi connectivity index (χ0n) is 12.9. The van der Waals surface area contributed by atoms with Gasteiger partial charge in [0.15, 0.2) is 12.0 Å². The van der Waals surface area contributed by atoms with E-state index in [0.29, 0.717) is 23.6 Å². The molecular weight excluding hydrogens is 322 g/mol. The number of ketones is 1. The molecule has 0 N–H and O–H groups in total. The Morgan fingerprint density at radius 3 is 2.83 bits per heavy atom. The van der Waals surface area contributed by atoms with Gasteiger partial charge in [-0.2, -0.15) is 9.99 Å². The average Bonchev–Trinajstić information content (AvgIpc) is 2.98. The zero-order chi connectivity index (χ0) is 16.9. The Morgan fingerprint density at radius 2 is 2.04 bits per heavy atom. The summed E-state index contributed by atoms with van der Waals surface area (Å²) in [5, 5.41) is 21.8. The molecule has 3 rings (SSSR count). The van der Waals surface area contributed by atoms with E-state index < -0.39 is 0 Å². The minimum Gasteiger partial charge on any atom is -0.618 e. The summed E-state index contributed by atoms with van der Waals surface area (Å²) in [6, 6.07) is 14.9. The molecular formula is C18H15N3O2S. The van der Waals surface area contributed by atoms with Gasteiger partial charge in [0.25, 0.3) is 5.03 Å². The van der Waals surface area contributed by atoms with Crippen molar-refractivity contribution >= 4 is 28.4 Å². The fourth-order valence-corrected chi connectivity index (χ4v) is 3.36. The van der Waals surface area contributed by atoms with Crippen molar-refractivity contribution in [1.82, 2.24) is 4.57 Å². The van der Waals surface area contributed by atoms with Crippen molar-refractivity contribution in [2.45, 2.75) is 18.0 Å². The smallest absolute Gasteiger partial charge is 0.251 e. The van der Waals surface area contributed by atoms with Gasteiger partial charge in [-0.15, -0.1) is 0 Å². The van der Waals surface area contributed by atoms with Gasteiger partial charge >= 0.3 is 0 Å². The molecule has 0 saturated heterocycles. The predicted octanol–water partition coefficient (Wildman–Crippen LogP) is 3.16. The van der Waals surface area contributed by atoms with E-state index in [0.717, 1.165) is 15.6 Å². The lowest BCUT2D eigenvalue weighted by Crippen LogP contribution is -2.28. The van der Waals surface area contributed by atoms with Gasteiger partial charge in [-0.25, -0.2) is 0 Å². The van der Waals surface area contributed by atoms with Crippen molar-refractivity contribution in [3.63, 3.8) is 0 Å². The van der Waals surface area contributed by atoms with Gasteiger partial charge in [-0.1, -0.05) is 18.2 Å². The van der Waals surface area contributed by atoms with E-state index in [9.17, 15) is 10.0 Å². The summed E-state index contributed by atoms with van der Waals surface area (Å²) in [6.07, 6.45) is 3.61. The Kier molecular flexibility index (Phi) is 4.82. The Labute approximate surface area is 143 Å². The van der Waals surface area contributed by atoms with Crippen LogP contribution >= 0.6 is 11.8 Å². The van der Waals surface area contributed by atoms with E-state index in [1.165, 1.54) is 18.0 Å². The second kappa shape index (κ2) is 7.20. The molecule has 0 atom stereocenters. The number of aryl methyl sites for hydroxylation is 1. The summed E-state index contributed by atoms with van der Waals surface area (Å²) in [5.74, 6) is 0.161. The number of pyridine rings is 1. The second-order valence-corrected chi connectivity index (χ2v) is 6.23. The fourth-order valence-electron chi connectivity index (χ4n) is 2.57. The second-order valence-electron chi connectivity index (χ2n) is 5.24. The van der Waals surface area contributed by atoms with Crippen LogP contribution in [0.15, 0.2) is 59.9 Å². The van der Waals surface area contributed by atoms with E-state index in [1.54, 1.807) is 24.4 Å². The van der Waals surface area contributed by atoms with E-state index >= 15 is 0 Å². The van der Waals surface area contributed by atoms with Crippen molar-refractivity contribution in [1.29, 1.82) is 5.26 Å². The maximum atomic E-state index is 12.6. The van der Waals surface area contributed by atoms with Gasteiger partial charge in [0, 0.05) is 41.3 Å². The molecule has 0 fully saturated rings. The number of nitrogens with zero attached hydrogens (tertiary/aromatic N) is 3. The lowest BCUT2D eigenvalue weighted by molar-refractivity contribution is -0.645. The lowest BCUT2D eigenvalue weighted by Gasteiger charge is -2.02. The highest BCUT2D eigenvalue weighted by molar-refractivity contribution is 7.99. The SMILES string of the molecule is N#CCCn1cc(C(=O)CSc2cccc[n+]2[O-])c2ccccc21. The molecule has 0 unspecified atom stereocenters. The molecule has 0 aliphatic rings. The molecule has 3 aromatic rings. The predicted molar refractivity (Wildman–Crippen MR) is 92.6 cm³/mol. The minimum atomic E-state index is -0.0317. The zero-order valence-corrected chi connectivity index (χ0v) is 13.7. The van der Waals surface area contributed by atoms with E-state index in [2.05, 4.69) is 6.07 Å². The first-order valence-electron chi connectivity index (χ1n) is 7.49. The van der Waals surface area contributed by atoms with Gasteiger partial charge in [0.2, 0.25) is 0 Å². The Bertz CT molecular complexity index is 927. The maximum absolute atomic E-state index is 12.6. The van der Waals surface area contributed by atoms with Crippen molar-refractivity contribution < 1.29 is 9.52 Å². The molecule has 24 heavy (non-hydrogen) atoms. The number of hydrogen-bond donors (Lipinski definition) is 0. The summed E-state index contributed by atoms with van der Waals surface area (Å²) in [7, 11) is 0. The number of para-hydroxylation sites is 1. The number of thioether (sulfide) groups is 1. The molecule has 0 amide bonds. The first-order chi connectivity index (χ1) is 11.7. The third-order valence-electron chi connectivity index (χ3n) is 3.69. The van der Waals surface area contributed by atoms with E-state index in [4.69, 9.17) is 5.26 Å². The molecule has 0 spiro atoms. The molecule has 0 radical (unpaired) electrons. The maximum Gasteiger partial charge on any atom is 0.251 e. The van der Waals surface area contributed by atoms with Crippen LogP contribution in [0.3, 0.4) is 0 Å². The molecule has 2 aromatic heterocycles. The standard InChI is InChI=1S/C18H15N3O2S/c19-9-5-10-20-12-15(14-6-1-2-7-16(14)20)17(22)13-24-18-8-3-4-11-21(18)23/h1-4,6-8,11-12H,5,10,13H2. The van der Waals surface area contributed by atoms with Crippen molar-refractivity contribution in [2.75, 3.05) is 5.75 Å². The number of hydrogen-bond acceptors (Lipinski definition) is 4. The topological polar surface area (TPSA) is 72.7 Å². The third-order valence-corrected chi connectivity index (χ3v) is 4.71. The van der Waals surface area contributed by atoms with Crippen molar-refractivity contribution in [3.05, 3.63) is 65.6 Å². The third kappa shape index (κ3) is 3.26. The van der Waals surface area contributed by atoms with Crippen molar-refractivity contribution in [2.24, 2.45) is 0 Å². The van der Waals surface area contributed by atoms with Crippen LogP contribution in [0.2, 0.25) is 0 Å². The van der Waals surface area contributed by atoms with E-state index in [1.807, 2.05) is 28.8 Å². The highest BCUT2D eigenvalue weighted by atomic mass is 32.2. The summed E-state index contributed by atoms with van der Waals surface area (Å²) < 4.78 is 2.70. The fraction of sp³-hybridized carbons (Fsp3) is 0.167. The van der Waals surface area contributed by atoms with Crippen LogP contribution < -0.4 is 4.73 Å². The van der Waals surface area contributed by atoms with Crippen LogP contribution in [-0.4, -0.2) is 16.1 Å². The Morgan fingerprint density at radius 1 is 1.25 bits per heavy atom. The molecule has 0 aliphatic carbocycles. The summed E-state index contributed by atoms with van der Waals surface area (Å²) in [5.41, 5.74) is 1.57. The summed E-state index contributed by atoms with van der Waals surface area (Å²) >= 11 is 1.22. The molecule has 6 heteroatoms. The number of Topliss-reactive ketones (excluding diaryl/α,β-unsaturated/α-hetero) is 1. The first kappa shape index (κ1) is 16.1. The van der Waals surface area contributed by atoms with Gasteiger partial charge in [-0.05, 0) is 23.9 Å². The number of aromatic nitrogens is 2. The highest BCUT2D eigenvalue weighted by Gasteiger charge is 2.16. The molecule has 2 heterocycles. The van der Waals surface area contributed by atoms with Gasteiger partial charge in [-0.3, -0.25) is 4.79 Å². The van der Waals surface area contributed by atoms with Crippen LogP contribution in [0, 0.1) is 16.5 Å². The summed E-state index contributed by atoms with van der Waals surface area (Å²) in [4.78, 5) is 12.6. The first-order valence-corrected chi connectivity index (χ1v) is 8.48. The molecule has 1 aromatic carbocycles. The Balaban J connectivity index is 1.84. The number of carbonyl (C=O) groups excluding carboxylic acids is 1. The minimum absolute atomic E-state index is 0.0317. The monoisotopic (exact) mass is 337 g/mol. The molecule has 0 aliphatic heterocycles. The highest BCUT2D eigenvalue weighted by Crippen LogP contribution is 2.24. The quantitative estimate of drug-likeness (QED) is 0.300. The molecule has 5 nitrogen and oxygen atoms in total. The van der Waals surface area contributed by atoms with Gasteiger partial charge < -0.3 is 9.77 Å². The van der Waals surface area contributed by atoms with Crippen LogP contribution in [0.4, 0.5) is 0 Å². The van der Waals surface area contributed by atoms with Gasteiger partial charge in [0.05, 0.1) is 18.2 Å². The van der Waals surface area contributed by atoms with Crippen LogP contribution in [0.1, 0.15) is 16.8 Å². The van der Waals surface area contributed by atoms with Crippen LogP contribution in [0.5, 0.6) is 0 Å².